The molecule has 0 aromatic rings. The molecule has 0 aliphatic heterocycles. The molecule has 2 heteroatoms. The number of rotatable bonds is 4. The molecule has 0 radical (unpaired) electrons. The Hall–Kier alpha value is -0.790. The van der Waals surface area contributed by atoms with Gasteiger partial charge in [-0.05, 0) is 32.6 Å². The van der Waals surface area contributed by atoms with Crippen molar-refractivity contribution in [2.75, 3.05) is 13.1 Å². The Morgan fingerprint density at radius 3 is 2.64 bits per heavy atom. The van der Waals surface area contributed by atoms with Crippen molar-refractivity contribution in [3.8, 4) is 0 Å². The average molecular weight is 194 g/mol. The summed E-state index contributed by atoms with van der Waals surface area (Å²) < 4.78 is 0. The summed E-state index contributed by atoms with van der Waals surface area (Å²) in [5, 5.41) is 0. The Morgan fingerprint density at radius 2 is 2.14 bits per heavy atom. The highest BCUT2D eigenvalue weighted by Crippen LogP contribution is 2.25. The molecule has 0 aromatic carbocycles. The second kappa shape index (κ2) is 5.84. The lowest BCUT2D eigenvalue weighted by Gasteiger charge is -2.25. The van der Waals surface area contributed by atoms with Crippen LogP contribution in [0, 0.1) is 5.92 Å². The first-order valence-corrected chi connectivity index (χ1v) is 5.68. The van der Waals surface area contributed by atoms with Crippen LogP contribution < -0.4 is 0 Å². The summed E-state index contributed by atoms with van der Waals surface area (Å²) in [6, 6.07) is 0. The smallest absolute Gasteiger partial charge is 0.101 e. The quantitative estimate of drug-likeness (QED) is 0.496. The van der Waals surface area contributed by atoms with Crippen LogP contribution >= 0.6 is 0 Å². The van der Waals surface area contributed by atoms with Gasteiger partial charge in [0.15, 0.2) is 0 Å². The normalized spacial score (nSPS) is 18.6. The minimum absolute atomic E-state index is 0.893. The van der Waals surface area contributed by atoms with Gasteiger partial charge in [-0.15, -0.1) is 0 Å². The van der Waals surface area contributed by atoms with Crippen LogP contribution in [0.25, 0.3) is 0 Å². The predicted octanol–water partition coefficient (Wildman–Crippen LogP) is 3.06. The third kappa shape index (κ3) is 3.17. The second-order valence-corrected chi connectivity index (χ2v) is 4.05. The summed E-state index contributed by atoms with van der Waals surface area (Å²) in [7, 11) is 0. The number of nitrogens with zero attached hydrogens (tertiary/aromatic N) is 2. The summed E-state index contributed by atoms with van der Waals surface area (Å²) in [4.78, 5) is 6.60. The Morgan fingerprint density at radius 1 is 1.50 bits per heavy atom. The maximum Gasteiger partial charge on any atom is 0.101 e. The van der Waals surface area contributed by atoms with Crippen molar-refractivity contribution in [3.05, 3.63) is 12.8 Å². The van der Waals surface area contributed by atoms with Crippen molar-refractivity contribution >= 4 is 5.84 Å². The zero-order valence-electron chi connectivity index (χ0n) is 9.50. The van der Waals surface area contributed by atoms with Gasteiger partial charge in [0.1, 0.15) is 5.84 Å². The van der Waals surface area contributed by atoms with E-state index in [2.05, 4.69) is 30.3 Å². The van der Waals surface area contributed by atoms with Crippen LogP contribution in [0.2, 0.25) is 0 Å². The van der Waals surface area contributed by atoms with Gasteiger partial charge in [-0.25, -0.2) is 4.99 Å². The van der Waals surface area contributed by atoms with Crippen LogP contribution in [-0.4, -0.2) is 23.8 Å². The average Bonchev–Trinajstić information content (AvgIpc) is 2.66. The van der Waals surface area contributed by atoms with Gasteiger partial charge in [0.05, 0.1) is 0 Å². The van der Waals surface area contributed by atoms with Gasteiger partial charge < -0.3 is 4.90 Å². The van der Waals surface area contributed by atoms with E-state index >= 15 is 0 Å². The first-order valence-electron chi connectivity index (χ1n) is 5.68. The molecule has 0 saturated heterocycles. The van der Waals surface area contributed by atoms with E-state index in [4.69, 9.17) is 0 Å². The molecule has 0 bridgehead atoms. The zero-order valence-corrected chi connectivity index (χ0v) is 9.50. The van der Waals surface area contributed by atoms with E-state index in [0.717, 1.165) is 18.3 Å². The number of amidine groups is 1. The highest BCUT2D eigenvalue weighted by Gasteiger charge is 2.18. The molecule has 0 heterocycles. The van der Waals surface area contributed by atoms with Crippen molar-refractivity contribution in [2.24, 2.45) is 10.9 Å². The topological polar surface area (TPSA) is 15.6 Å². The van der Waals surface area contributed by atoms with E-state index in [1.807, 2.05) is 0 Å². The van der Waals surface area contributed by atoms with E-state index < -0.39 is 0 Å². The third-order valence-electron chi connectivity index (χ3n) is 3.07. The largest absolute Gasteiger partial charge is 0.360 e. The zero-order chi connectivity index (χ0) is 10.4. The lowest BCUT2D eigenvalue weighted by atomic mass is 10.1. The van der Waals surface area contributed by atoms with Gasteiger partial charge in [0.25, 0.3) is 0 Å². The Balaban J connectivity index is 2.44. The molecule has 2 nitrogen and oxygen atoms in total. The van der Waals surface area contributed by atoms with Crippen LogP contribution in [0.1, 0.15) is 39.5 Å². The predicted molar refractivity (Wildman–Crippen MR) is 62.5 cm³/mol. The maximum absolute atomic E-state index is 4.24. The SMILES string of the molecule is C=CN=C(C)N(CC)CC1CCCC1. The Labute approximate surface area is 87.7 Å². The molecule has 1 saturated carbocycles. The standard InChI is InChI=1S/C12H22N2/c1-4-13-11(3)14(5-2)10-12-8-6-7-9-12/h4,12H,1,5-10H2,2-3H3. The number of aliphatic imine (C=N–C) groups is 1. The third-order valence-corrected chi connectivity index (χ3v) is 3.07. The molecule has 80 valence electrons. The first-order chi connectivity index (χ1) is 6.77. The first kappa shape index (κ1) is 11.3. The van der Waals surface area contributed by atoms with Crippen molar-refractivity contribution in [3.63, 3.8) is 0 Å². The molecule has 0 N–H and O–H groups in total. The molecule has 1 aliphatic rings. The van der Waals surface area contributed by atoms with Crippen LogP contribution in [0.5, 0.6) is 0 Å². The maximum atomic E-state index is 4.24. The summed E-state index contributed by atoms with van der Waals surface area (Å²) in [5.41, 5.74) is 0. The van der Waals surface area contributed by atoms with E-state index in [9.17, 15) is 0 Å². The van der Waals surface area contributed by atoms with Crippen molar-refractivity contribution < 1.29 is 0 Å². The monoisotopic (exact) mass is 194 g/mol. The number of hydrogen-bond donors (Lipinski definition) is 0. The van der Waals surface area contributed by atoms with Gasteiger partial charge in [-0.1, -0.05) is 19.4 Å². The van der Waals surface area contributed by atoms with E-state index in [1.165, 1.54) is 32.2 Å². The summed E-state index contributed by atoms with van der Waals surface area (Å²) >= 11 is 0. The molecule has 1 rings (SSSR count). The molecule has 0 aromatic heterocycles. The number of hydrogen-bond acceptors (Lipinski definition) is 1. The molecule has 0 atom stereocenters. The summed E-state index contributed by atoms with van der Waals surface area (Å²) in [6.07, 6.45) is 7.27. The minimum Gasteiger partial charge on any atom is -0.360 e. The minimum atomic E-state index is 0.893. The highest BCUT2D eigenvalue weighted by molar-refractivity contribution is 5.80. The molecule has 14 heavy (non-hydrogen) atoms. The Bertz CT molecular complexity index is 202. The van der Waals surface area contributed by atoms with E-state index in [1.54, 1.807) is 6.20 Å². The van der Waals surface area contributed by atoms with Gasteiger partial charge in [-0.2, -0.15) is 0 Å². The molecule has 0 unspecified atom stereocenters. The van der Waals surface area contributed by atoms with E-state index in [-0.39, 0.29) is 0 Å². The van der Waals surface area contributed by atoms with Gasteiger partial charge >= 0.3 is 0 Å². The van der Waals surface area contributed by atoms with Crippen molar-refractivity contribution in [2.45, 2.75) is 39.5 Å². The van der Waals surface area contributed by atoms with Crippen LogP contribution in [0.4, 0.5) is 0 Å². The lowest BCUT2D eigenvalue weighted by Crippen LogP contribution is -2.32. The fourth-order valence-electron chi connectivity index (χ4n) is 2.21. The fraction of sp³-hybridized carbons (Fsp3) is 0.750. The molecule has 1 fully saturated rings. The Kier molecular flexibility index (Phi) is 4.71. The fourth-order valence-corrected chi connectivity index (χ4v) is 2.21. The van der Waals surface area contributed by atoms with Gasteiger partial charge in [0, 0.05) is 19.3 Å². The van der Waals surface area contributed by atoms with Gasteiger partial charge in [-0.3, -0.25) is 0 Å². The molecule has 1 aliphatic carbocycles. The van der Waals surface area contributed by atoms with Crippen LogP contribution in [0.3, 0.4) is 0 Å². The van der Waals surface area contributed by atoms with Crippen molar-refractivity contribution in [1.29, 1.82) is 0 Å². The molecule has 0 spiro atoms. The highest BCUT2D eigenvalue weighted by atomic mass is 15.2. The van der Waals surface area contributed by atoms with Crippen molar-refractivity contribution in [1.82, 2.24) is 4.90 Å². The molecular weight excluding hydrogens is 172 g/mol. The van der Waals surface area contributed by atoms with Crippen LogP contribution in [0.15, 0.2) is 17.8 Å². The van der Waals surface area contributed by atoms with E-state index in [0.29, 0.717) is 0 Å². The van der Waals surface area contributed by atoms with Crippen LogP contribution in [-0.2, 0) is 0 Å². The molecular formula is C12H22N2. The van der Waals surface area contributed by atoms with Gasteiger partial charge in [0.2, 0.25) is 0 Å². The lowest BCUT2D eigenvalue weighted by molar-refractivity contribution is 0.351. The summed E-state index contributed by atoms with van der Waals surface area (Å²) in [6.45, 7) is 10.1. The second-order valence-electron chi connectivity index (χ2n) is 4.05. The summed E-state index contributed by atoms with van der Waals surface area (Å²) in [5.74, 6) is 2.00. The molecule has 0 amide bonds.